The smallest absolute Gasteiger partial charge is 0.415 e. The van der Waals surface area contributed by atoms with Crippen LogP contribution in [0.15, 0.2) is 30.6 Å². The van der Waals surface area contributed by atoms with Gasteiger partial charge in [-0.25, -0.2) is 4.79 Å². The summed E-state index contributed by atoms with van der Waals surface area (Å²) in [7, 11) is 4.02. The standard InChI is InChI=1S/C20H24N4O2S/c1-22(2)16-9-14(10-21-11-16)17-3-4-18(27-17)24-13-20(26-19(24)25)12-23-7-5-15(20)6-8-23/h3-4,9-11,15H,5-8,12-13H2,1-2H3/t20-/m1/s1. The minimum absolute atomic E-state index is 0.197. The molecule has 0 N–H and O–H groups in total. The molecule has 2 aromatic heterocycles. The lowest BCUT2D eigenvalue weighted by Crippen LogP contribution is -2.61. The first-order chi connectivity index (χ1) is 13.0. The van der Waals surface area contributed by atoms with Crippen molar-refractivity contribution in [3.63, 3.8) is 0 Å². The third kappa shape index (κ3) is 2.80. The summed E-state index contributed by atoms with van der Waals surface area (Å²) in [6.07, 6.45) is 5.81. The number of anilines is 2. The fraction of sp³-hybridized carbons (Fsp3) is 0.500. The molecule has 1 atom stereocenters. The van der Waals surface area contributed by atoms with Crippen molar-refractivity contribution < 1.29 is 9.53 Å². The molecule has 0 aromatic carbocycles. The second-order valence-corrected chi connectivity index (χ2v) is 9.10. The highest BCUT2D eigenvalue weighted by atomic mass is 32.1. The molecule has 6 nitrogen and oxygen atoms in total. The molecule has 4 fully saturated rings. The van der Waals surface area contributed by atoms with Crippen LogP contribution >= 0.6 is 11.3 Å². The summed E-state index contributed by atoms with van der Waals surface area (Å²) in [4.78, 5) is 24.5. The molecule has 2 bridgehead atoms. The molecule has 0 unspecified atom stereocenters. The van der Waals surface area contributed by atoms with Crippen molar-refractivity contribution in [2.45, 2.75) is 18.4 Å². The summed E-state index contributed by atoms with van der Waals surface area (Å²) < 4.78 is 5.99. The van der Waals surface area contributed by atoms with Crippen LogP contribution in [0.1, 0.15) is 12.8 Å². The van der Waals surface area contributed by atoms with Gasteiger partial charge in [0.25, 0.3) is 0 Å². The fourth-order valence-electron chi connectivity index (χ4n) is 4.62. The summed E-state index contributed by atoms with van der Waals surface area (Å²) in [6.45, 7) is 3.83. The van der Waals surface area contributed by atoms with Crippen molar-refractivity contribution in [2.24, 2.45) is 5.92 Å². The molecule has 0 radical (unpaired) electrons. The van der Waals surface area contributed by atoms with Crippen molar-refractivity contribution >= 4 is 28.1 Å². The van der Waals surface area contributed by atoms with E-state index in [9.17, 15) is 4.79 Å². The van der Waals surface area contributed by atoms with Gasteiger partial charge in [-0.15, -0.1) is 11.3 Å². The number of hydrogen-bond donors (Lipinski definition) is 0. The molecular weight excluding hydrogens is 360 g/mol. The summed E-state index contributed by atoms with van der Waals surface area (Å²) in [5.74, 6) is 0.497. The van der Waals surface area contributed by atoms with Crippen molar-refractivity contribution in [1.82, 2.24) is 9.88 Å². The number of fused-ring (bicyclic) bond motifs is 2. The largest absolute Gasteiger partial charge is 0.439 e. The topological polar surface area (TPSA) is 48.9 Å². The number of rotatable bonds is 3. The average molecular weight is 385 g/mol. The third-order valence-electron chi connectivity index (χ3n) is 6.14. The van der Waals surface area contributed by atoms with E-state index < -0.39 is 0 Å². The molecule has 2 aromatic rings. The molecule has 6 rings (SSSR count). The maximum Gasteiger partial charge on any atom is 0.415 e. The van der Waals surface area contributed by atoms with E-state index in [0.29, 0.717) is 12.5 Å². The van der Waals surface area contributed by atoms with E-state index in [1.165, 1.54) is 0 Å². The normalized spacial score (nSPS) is 29.4. The number of ether oxygens (including phenoxy) is 1. The zero-order valence-electron chi connectivity index (χ0n) is 15.7. The fourth-order valence-corrected chi connectivity index (χ4v) is 5.59. The molecule has 4 aliphatic rings. The first kappa shape index (κ1) is 17.0. The van der Waals surface area contributed by atoms with Crippen molar-refractivity contribution in [3.8, 4) is 10.4 Å². The zero-order chi connectivity index (χ0) is 18.6. The number of amides is 1. The molecule has 142 valence electrons. The minimum atomic E-state index is -0.315. The first-order valence-electron chi connectivity index (χ1n) is 9.49. The number of nitrogens with zero attached hydrogens (tertiary/aromatic N) is 4. The molecule has 4 saturated heterocycles. The molecule has 1 amide bonds. The second kappa shape index (κ2) is 6.21. The Morgan fingerprint density at radius 1 is 1.22 bits per heavy atom. The molecule has 1 spiro atoms. The van der Waals surface area contributed by atoms with Gasteiger partial charge < -0.3 is 9.64 Å². The van der Waals surface area contributed by atoms with Gasteiger partial charge in [0, 0.05) is 43.2 Å². The van der Waals surface area contributed by atoms with Crippen LogP contribution in [-0.2, 0) is 4.74 Å². The molecule has 27 heavy (non-hydrogen) atoms. The van der Waals surface area contributed by atoms with E-state index in [-0.39, 0.29) is 11.7 Å². The van der Waals surface area contributed by atoms with Gasteiger partial charge in [-0.2, -0.15) is 0 Å². The highest BCUT2D eigenvalue weighted by Gasteiger charge is 2.55. The SMILES string of the molecule is CN(C)c1cncc(-c2ccc(N3C[C@@]4(CN5CCC4CC5)OC3=O)s2)c1. The quantitative estimate of drug-likeness (QED) is 0.813. The Labute approximate surface area is 163 Å². The van der Waals surface area contributed by atoms with E-state index in [1.54, 1.807) is 11.3 Å². The Hall–Kier alpha value is -2.12. The second-order valence-electron chi connectivity index (χ2n) is 8.03. The highest BCUT2D eigenvalue weighted by Crippen LogP contribution is 2.45. The van der Waals surface area contributed by atoms with Crippen LogP contribution in [0.5, 0.6) is 0 Å². The van der Waals surface area contributed by atoms with Crippen LogP contribution in [-0.4, -0.2) is 61.9 Å². The maximum atomic E-state index is 12.7. The Kier molecular flexibility index (Phi) is 3.91. The van der Waals surface area contributed by atoms with Crippen LogP contribution in [0.2, 0.25) is 0 Å². The average Bonchev–Trinajstić information content (AvgIpc) is 3.28. The van der Waals surface area contributed by atoms with Crippen LogP contribution in [0.25, 0.3) is 10.4 Å². The van der Waals surface area contributed by atoms with Crippen LogP contribution in [0.4, 0.5) is 15.5 Å². The molecule has 0 saturated carbocycles. The summed E-state index contributed by atoms with van der Waals surface area (Å²) in [5, 5.41) is 0.957. The van der Waals surface area contributed by atoms with Gasteiger partial charge in [-0.1, -0.05) is 0 Å². The van der Waals surface area contributed by atoms with Crippen LogP contribution in [0, 0.1) is 5.92 Å². The van der Waals surface area contributed by atoms with Crippen molar-refractivity contribution in [3.05, 3.63) is 30.6 Å². The minimum Gasteiger partial charge on any atom is -0.439 e. The monoisotopic (exact) mass is 384 g/mol. The third-order valence-corrected chi connectivity index (χ3v) is 7.30. The number of aromatic nitrogens is 1. The summed E-state index contributed by atoms with van der Waals surface area (Å²) in [6, 6.07) is 6.23. The summed E-state index contributed by atoms with van der Waals surface area (Å²) >= 11 is 1.63. The lowest BCUT2D eigenvalue weighted by molar-refractivity contribution is -0.0881. The van der Waals surface area contributed by atoms with Crippen LogP contribution < -0.4 is 9.80 Å². The Morgan fingerprint density at radius 3 is 2.74 bits per heavy atom. The predicted octanol–water partition coefficient (Wildman–Crippen LogP) is 3.30. The molecular formula is C20H24N4O2S. The highest BCUT2D eigenvalue weighted by molar-refractivity contribution is 7.19. The Balaban J connectivity index is 1.40. The van der Waals surface area contributed by atoms with Gasteiger partial charge in [0.05, 0.1) is 18.4 Å². The van der Waals surface area contributed by atoms with Gasteiger partial charge in [0.15, 0.2) is 0 Å². The van der Waals surface area contributed by atoms with Gasteiger partial charge in [-0.05, 0) is 44.1 Å². The number of piperidine rings is 3. The molecule has 7 heteroatoms. The van der Waals surface area contributed by atoms with E-state index in [2.05, 4.69) is 22.0 Å². The van der Waals surface area contributed by atoms with Crippen LogP contribution in [0.3, 0.4) is 0 Å². The maximum absolute atomic E-state index is 12.7. The van der Waals surface area contributed by atoms with Gasteiger partial charge in [0.1, 0.15) is 10.6 Å². The van der Waals surface area contributed by atoms with E-state index in [0.717, 1.165) is 53.6 Å². The number of pyridine rings is 1. The first-order valence-corrected chi connectivity index (χ1v) is 10.3. The van der Waals surface area contributed by atoms with Crippen molar-refractivity contribution in [1.29, 1.82) is 0 Å². The molecule has 0 aliphatic carbocycles. The van der Waals surface area contributed by atoms with Gasteiger partial charge in [-0.3, -0.25) is 14.8 Å². The number of thiophene rings is 1. The van der Waals surface area contributed by atoms with E-state index >= 15 is 0 Å². The lowest BCUT2D eigenvalue weighted by Gasteiger charge is -2.49. The predicted molar refractivity (Wildman–Crippen MR) is 108 cm³/mol. The van der Waals surface area contributed by atoms with E-state index in [4.69, 9.17) is 4.74 Å². The Morgan fingerprint density at radius 2 is 2.04 bits per heavy atom. The number of carbonyl (C=O) groups excluding carboxylic acids is 1. The van der Waals surface area contributed by atoms with Crippen molar-refractivity contribution in [2.75, 3.05) is 50.1 Å². The summed E-state index contributed by atoms with van der Waals surface area (Å²) in [5.41, 5.74) is 1.82. The van der Waals surface area contributed by atoms with Gasteiger partial charge in [0.2, 0.25) is 0 Å². The zero-order valence-corrected chi connectivity index (χ0v) is 16.5. The van der Waals surface area contributed by atoms with Gasteiger partial charge >= 0.3 is 6.09 Å². The number of carbonyl (C=O) groups is 1. The van der Waals surface area contributed by atoms with E-state index in [1.807, 2.05) is 42.4 Å². The molecule has 6 heterocycles. The molecule has 4 aliphatic heterocycles. The Bertz CT molecular complexity index is 874. The lowest BCUT2D eigenvalue weighted by atomic mass is 9.75. The number of hydrogen-bond acceptors (Lipinski definition) is 6.